The molecule has 0 unspecified atom stereocenters. The third-order valence-corrected chi connectivity index (χ3v) is 4.83. The van der Waals surface area contributed by atoms with Crippen LogP contribution in [-0.2, 0) is 11.3 Å². The molecular formula is C23H20N4O4. The van der Waals surface area contributed by atoms with Crippen LogP contribution in [0.5, 0.6) is 5.75 Å². The van der Waals surface area contributed by atoms with E-state index in [9.17, 15) is 9.59 Å². The summed E-state index contributed by atoms with van der Waals surface area (Å²) in [6.45, 7) is -0.114. The van der Waals surface area contributed by atoms with Crippen molar-refractivity contribution in [1.29, 1.82) is 0 Å². The van der Waals surface area contributed by atoms with Crippen LogP contribution in [0.3, 0.4) is 0 Å². The van der Waals surface area contributed by atoms with Gasteiger partial charge in [-0.1, -0.05) is 23.4 Å². The van der Waals surface area contributed by atoms with Gasteiger partial charge in [-0.15, -0.1) is 0 Å². The average molecular weight is 416 g/mol. The number of ether oxygens (including phenoxy) is 1. The van der Waals surface area contributed by atoms with Gasteiger partial charge in [0.1, 0.15) is 12.3 Å². The van der Waals surface area contributed by atoms with E-state index < -0.39 is 0 Å². The van der Waals surface area contributed by atoms with Gasteiger partial charge in [-0.3, -0.25) is 9.59 Å². The van der Waals surface area contributed by atoms with E-state index in [1.54, 1.807) is 38.6 Å². The third kappa shape index (κ3) is 4.37. The quantitative estimate of drug-likeness (QED) is 0.479. The van der Waals surface area contributed by atoms with E-state index in [2.05, 4.69) is 10.1 Å². The maximum atomic E-state index is 12.7. The summed E-state index contributed by atoms with van der Waals surface area (Å²) >= 11 is 0. The Hall–Kier alpha value is -4.20. The first-order chi connectivity index (χ1) is 15.0. The molecule has 156 valence electrons. The number of aromatic nitrogens is 3. The maximum Gasteiger partial charge on any atom is 0.259 e. The Kier molecular flexibility index (Phi) is 5.61. The molecule has 0 N–H and O–H groups in total. The maximum absolute atomic E-state index is 12.7. The van der Waals surface area contributed by atoms with E-state index >= 15 is 0 Å². The molecule has 0 saturated carbocycles. The van der Waals surface area contributed by atoms with Gasteiger partial charge in [-0.2, -0.15) is 4.98 Å². The van der Waals surface area contributed by atoms with Crippen LogP contribution in [0.2, 0.25) is 0 Å². The van der Waals surface area contributed by atoms with E-state index in [4.69, 9.17) is 9.26 Å². The lowest BCUT2D eigenvalue weighted by Gasteiger charge is -2.18. The summed E-state index contributed by atoms with van der Waals surface area (Å²) < 4.78 is 11.9. The fourth-order valence-corrected chi connectivity index (χ4v) is 3.03. The Labute approximate surface area is 178 Å². The number of para-hydroxylation sites is 1. The molecule has 0 radical (unpaired) electrons. The Morgan fingerprint density at radius 3 is 2.45 bits per heavy atom. The molecule has 2 aromatic heterocycles. The highest BCUT2D eigenvalue weighted by Gasteiger charge is 2.15. The molecule has 0 fully saturated rings. The van der Waals surface area contributed by atoms with E-state index in [0.717, 1.165) is 17.0 Å². The van der Waals surface area contributed by atoms with Crippen molar-refractivity contribution in [2.24, 2.45) is 0 Å². The topological polar surface area (TPSA) is 90.5 Å². The zero-order chi connectivity index (χ0) is 21.8. The van der Waals surface area contributed by atoms with Gasteiger partial charge >= 0.3 is 0 Å². The fourth-order valence-electron chi connectivity index (χ4n) is 3.03. The van der Waals surface area contributed by atoms with Crippen molar-refractivity contribution < 1.29 is 14.1 Å². The normalized spacial score (nSPS) is 10.6. The van der Waals surface area contributed by atoms with Crippen molar-refractivity contribution >= 4 is 11.6 Å². The van der Waals surface area contributed by atoms with Crippen LogP contribution in [0.4, 0.5) is 5.69 Å². The first-order valence-electron chi connectivity index (χ1n) is 9.56. The second kappa shape index (κ2) is 8.66. The molecule has 31 heavy (non-hydrogen) atoms. The Balaban J connectivity index is 1.56. The highest BCUT2D eigenvalue weighted by atomic mass is 16.5. The number of nitrogens with zero attached hydrogens (tertiary/aromatic N) is 4. The van der Waals surface area contributed by atoms with Gasteiger partial charge in [0.05, 0.1) is 12.7 Å². The van der Waals surface area contributed by atoms with Crippen molar-refractivity contribution in [1.82, 2.24) is 14.7 Å². The van der Waals surface area contributed by atoms with E-state index in [1.165, 1.54) is 15.5 Å². The van der Waals surface area contributed by atoms with Gasteiger partial charge in [-0.05, 0) is 42.5 Å². The Morgan fingerprint density at radius 2 is 1.74 bits per heavy atom. The van der Waals surface area contributed by atoms with Crippen molar-refractivity contribution in [3.8, 4) is 28.6 Å². The summed E-state index contributed by atoms with van der Waals surface area (Å²) in [5.74, 6) is 1.17. The minimum absolute atomic E-state index is 0.114. The lowest BCUT2D eigenvalue weighted by atomic mass is 10.2. The van der Waals surface area contributed by atoms with Crippen molar-refractivity contribution in [2.45, 2.75) is 6.54 Å². The molecule has 0 aliphatic rings. The number of benzene rings is 2. The van der Waals surface area contributed by atoms with Crippen LogP contribution in [-0.4, -0.2) is 34.8 Å². The van der Waals surface area contributed by atoms with E-state index in [0.29, 0.717) is 11.4 Å². The molecule has 2 heterocycles. The molecule has 0 aliphatic heterocycles. The monoisotopic (exact) mass is 416 g/mol. The number of methoxy groups -OCH3 is 1. The van der Waals surface area contributed by atoms with E-state index in [-0.39, 0.29) is 23.9 Å². The number of carbonyl (C=O) groups is 1. The Morgan fingerprint density at radius 1 is 1.03 bits per heavy atom. The van der Waals surface area contributed by atoms with Crippen LogP contribution in [0.25, 0.3) is 22.8 Å². The second-order valence-corrected chi connectivity index (χ2v) is 6.82. The van der Waals surface area contributed by atoms with Crippen LogP contribution < -0.4 is 15.2 Å². The number of likely N-dealkylation sites (N-methyl/N-ethyl adjacent to an activating group) is 1. The van der Waals surface area contributed by atoms with Crippen molar-refractivity contribution in [3.05, 3.63) is 83.3 Å². The third-order valence-electron chi connectivity index (χ3n) is 4.83. The zero-order valence-corrected chi connectivity index (χ0v) is 17.1. The van der Waals surface area contributed by atoms with Crippen molar-refractivity contribution in [3.63, 3.8) is 0 Å². The number of anilines is 1. The van der Waals surface area contributed by atoms with Gasteiger partial charge in [0.15, 0.2) is 0 Å². The van der Waals surface area contributed by atoms with Crippen molar-refractivity contribution in [2.75, 3.05) is 19.1 Å². The lowest BCUT2D eigenvalue weighted by molar-refractivity contribution is -0.118. The molecule has 8 heteroatoms. The molecule has 0 atom stereocenters. The summed E-state index contributed by atoms with van der Waals surface area (Å²) in [6, 6.07) is 19.5. The molecule has 4 aromatic rings. The fraction of sp³-hybridized carbons (Fsp3) is 0.130. The van der Waals surface area contributed by atoms with Gasteiger partial charge in [0.2, 0.25) is 11.7 Å². The molecular weight excluding hydrogens is 396 g/mol. The minimum Gasteiger partial charge on any atom is -0.497 e. The predicted molar refractivity (Wildman–Crippen MR) is 116 cm³/mol. The SMILES string of the molecule is COc1ccc(-c2noc(-c3ccc(=O)n(CC(=O)N(C)c4ccccc4)c3)n2)cc1. The number of amides is 1. The van der Waals surface area contributed by atoms with Crippen LogP contribution in [0.1, 0.15) is 0 Å². The number of carbonyl (C=O) groups excluding carboxylic acids is 1. The van der Waals surface area contributed by atoms with Crippen LogP contribution >= 0.6 is 0 Å². The van der Waals surface area contributed by atoms with Crippen LogP contribution in [0, 0.1) is 0 Å². The summed E-state index contributed by atoms with van der Waals surface area (Å²) in [4.78, 5) is 30.9. The van der Waals surface area contributed by atoms with E-state index in [1.807, 2.05) is 42.5 Å². The predicted octanol–water partition coefficient (Wildman–Crippen LogP) is 3.24. The number of hydrogen-bond acceptors (Lipinski definition) is 6. The first kappa shape index (κ1) is 20.1. The standard InChI is InChI=1S/C23H20N4O4/c1-26(18-6-4-3-5-7-18)21(29)15-27-14-17(10-13-20(27)28)23-24-22(25-31-23)16-8-11-19(30-2)12-9-16/h3-14H,15H2,1-2H3. The molecule has 0 saturated heterocycles. The first-order valence-corrected chi connectivity index (χ1v) is 9.56. The Bertz CT molecular complexity index is 1250. The summed E-state index contributed by atoms with van der Waals surface area (Å²) in [5, 5.41) is 4.01. The highest BCUT2D eigenvalue weighted by molar-refractivity contribution is 5.92. The van der Waals surface area contributed by atoms with Gasteiger partial charge in [0, 0.05) is 30.6 Å². The second-order valence-electron chi connectivity index (χ2n) is 6.82. The summed E-state index contributed by atoms with van der Waals surface area (Å²) in [7, 11) is 3.27. The average Bonchev–Trinajstić information content (AvgIpc) is 3.31. The summed E-state index contributed by atoms with van der Waals surface area (Å²) in [6.07, 6.45) is 1.55. The van der Waals surface area contributed by atoms with Gasteiger partial charge in [-0.25, -0.2) is 0 Å². The highest BCUT2D eigenvalue weighted by Crippen LogP contribution is 2.23. The van der Waals surface area contributed by atoms with Crippen LogP contribution in [0.15, 0.2) is 82.2 Å². The molecule has 1 amide bonds. The molecule has 0 bridgehead atoms. The molecule has 2 aromatic carbocycles. The number of pyridine rings is 1. The molecule has 4 rings (SSSR count). The molecule has 8 nitrogen and oxygen atoms in total. The minimum atomic E-state index is -0.298. The molecule has 0 aliphatic carbocycles. The smallest absolute Gasteiger partial charge is 0.259 e. The lowest BCUT2D eigenvalue weighted by Crippen LogP contribution is -2.33. The summed E-state index contributed by atoms with van der Waals surface area (Å²) in [5.41, 5.74) is 1.76. The number of hydrogen-bond donors (Lipinski definition) is 0. The van der Waals surface area contributed by atoms with Gasteiger partial charge in [0.25, 0.3) is 11.4 Å². The number of rotatable bonds is 6. The zero-order valence-electron chi connectivity index (χ0n) is 17.1. The largest absolute Gasteiger partial charge is 0.497 e. The van der Waals surface area contributed by atoms with Gasteiger partial charge < -0.3 is 18.7 Å². The molecule has 0 spiro atoms.